The number of rotatable bonds is 3. The average Bonchev–Trinajstić information content (AvgIpc) is 2.44. The van der Waals surface area contributed by atoms with E-state index in [9.17, 15) is 8.78 Å². The SMILES string of the molecule is COc1ccccc1C(C)(N)c1ccc(C)c(F)c1F. The maximum atomic E-state index is 14.2. The molecule has 106 valence electrons. The number of hydrogen-bond donors (Lipinski definition) is 1. The van der Waals surface area contributed by atoms with E-state index in [0.29, 0.717) is 11.3 Å². The molecular weight excluding hydrogens is 260 g/mol. The number of methoxy groups -OCH3 is 1. The van der Waals surface area contributed by atoms with Gasteiger partial charge in [-0.3, -0.25) is 0 Å². The highest BCUT2D eigenvalue weighted by Crippen LogP contribution is 2.35. The first-order valence-electron chi connectivity index (χ1n) is 6.27. The summed E-state index contributed by atoms with van der Waals surface area (Å²) in [6, 6.07) is 10.1. The molecule has 20 heavy (non-hydrogen) atoms. The number of hydrogen-bond acceptors (Lipinski definition) is 2. The van der Waals surface area contributed by atoms with Crippen molar-refractivity contribution in [3.8, 4) is 5.75 Å². The predicted octanol–water partition coefficient (Wildman–Crippen LogP) is 3.50. The summed E-state index contributed by atoms with van der Waals surface area (Å²) in [6.07, 6.45) is 0. The average molecular weight is 277 g/mol. The van der Waals surface area contributed by atoms with Crippen LogP contribution < -0.4 is 10.5 Å². The summed E-state index contributed by atoms with van der Waals surface area (Å²) in [5, 5.41) is 0. The number of para-hydroxylation sites is 1. The van der Waals surface area contributed by atoms with Crippen LogP contribution in [0.1, 0.15) is 23.6 Å². The maximum absolute atomic E-state index is 14.2. The molecule has 0 aliphatic carbocycles. The van der Waals surface area contributed by atoms with Gasteiger partial charge >= 0.3 is 0 Å². The van der Waals surface area contributed by atoms with Crippen molar-refractivity contribution in [1.29, 1.82) is 0 Å². The summed E-state index contributed by atoms with van der Waals surface area (Å²) in [4.78, 5) is 0. The van der Waals surface area contributed by atoms with Crippen LogP contribution in [0.15, 0.2) is 36.4 Å². The van der Waals surface area contributed by atoms with Crippen LogP contribution in [0.25, 0.3) is 0 Å². The molecule has 0 aliphatic heterocycles. The van der Waals surface area contributed by atoms with Gasteiger partial charge in [-0.15, -0.1) is 0 Å². The van der Waals surface area contributed by atoms with E-state index in [1.807, 2.05) is 0 Å². The molecule has 1 unspecified atom stereocenters. The third-order valence-electron chi connectivity index (χ3n) is 3.50. The van der Waals surface area contributed by atoms with Crippen LogP contribution in [-0.2, 0) is 5.54 Å². The summed E-state index contributed by atoms with van der Waals surface area (Å²) in [5.74, 6) is -1.24. The van der Waals surface area contributed by atoms with E-state index in [1.54, 1.807) is 31.2 Å². The molecule has 0 spiro atoms. The summed E-state index contributed by atoms with van der Waals surface area (Å²) in [6.45, 7) is 3.15. The van der Waals surface area contributed by atoms with Gasteiger partial charge in [0.25, 0.3) is 0 Å². The largest absolute Gasteiger partial charge is 0.496 e. The van der Waals surface area contributed by atoms with Crippen LogP contribution in [0.4, 0.5) is 8.78 Å². The third-order valence-corrected chi connectivity index (χ3v) is 3.50. The van der Waals surface area contributed by atoms with Crippen molar-refractivity contribution in [1.82, 2.24) is 0 Å². The minimum absolute atomic E-state index is 0.102. The molecular formula is C16H17F2NO. The van der Waals surface area contributed by atoms with Crippen molar-refractivity contribution in [2.45, 2.75) is 19.4 Å². The summed E-state index contributed by atoms with van der Waals surface area (Å²) in [5.41, 5.74) is 6.04. The van der Waals surface area contributed by atoms with Crippen LogP contribution in [0.5, 0.6) is 5.75 Å². The van der Waals surface area contributed by atoms with Gasteiger partial charge in [0.2, 0.25) is 0 Å². The first-order valence-corrected chi connectivity index (χ1v) is 6.27. The van der Waals surface area contributed by atoms with Crippen LogP contribution in [-0.4, -0.2) is 7.11 Å². The molecule has 0 heterocycles. The molecule has 0 bridgehead atoms. The zero-order chi connectivity index (χ0) is 14.9. The molecule has 2 aromatic carbocycles. The van der Waals surface area contributed by atoms with Gasteiger partial charge in [-0.05, 0) is 25.5 Å². The Morgan fingerprint density at radius 3 is 2.30 bits per heavy atom. The molecule has 0 amide bonds. The Morgan fingerprint density at radius 2 is 1.65 bits per heavy atom. The molecule has 2 N–H and O–H groups in total. The molecule has 0 aliphatic rings. The molecule has 4 heteroatoms. The molecule has 0 aromatic heterocycles. The predicted molar refractivity (Wildman–Crippen MR) is 74.7 cm³/mol. The smallest absolute Gasteiger partial charge is 0.164 e. The number of ether oxygens (including phenoxy) is 1. The third kappa shape index (κ3) is 2.27. The van der Waals surface area contributed by atoms with Gasteiger partial charge in [-0.25, -0.2) is 8.78 Å². The maximum Gasteiger partial charge on any atom is 0.164 e. The number of aryl methyl sites for hydroxylation is 1. The summed E-state index contributed by atoms with van der Waals surface area (Å²) < 4.78 is 33.2. The van der Waals surface area contributed by atoms with Gasteiger partial charge in [0.15, 0.2) is 11.6 Å². The van der Waals surface area contributed by atoms with Crippen molar-refractivity contribution >= 4 is 0 Å². The van der Waals surface area contributed by atoms with Crippen LogP contribution in [0, 0.1) is 18.6 Å². The van der Waals surface area contributed by atoms with Gasteiger partial charge in [-0.2, -0.15) is 0 Å². The lowest BCUT2D eigenvalue weighted by Gasteiger charge is -2.28. The molecule has 0 saturated carbocycles. The highest BCUT2D eigenvalue weighted by molar-refractivity contribution is 5.46. The Kier molecular flexibility index (Phi) is 3.77. The quantitative estimate of drug-likeness (QED) is 0.932. The van der Waals surface area contributed by atoms with Gasteiger partial charge in [-0.1, -0.05) is 30.3 Å². The van der Waals surface area contributed by atoms with E-state index in [-0.39, 0.29) is 11.1 Å². The molecule has 0 saturated heterocycles. The standard InChI is InChI=1S/C16H17F2NO/c1-10-8-9-12(15(18)14(10)17)16(2,19)11-6-4-5-7-13(11)20-3/h4-9H,19H2,1-3H3. The lowest BCUT2D eigenvalue weighted by Crippen LogP contribution is -2.36. The Bertz CT molecular complexity index is 638. The Morgan fingerprint density at radius 1 is 1.00 bits per heavy atom. The highest BCUT2D eigenvalue weighted by atomic mass is 19.2. The molecule has 0 fully saturated rings. The van der Waals surface area contributed by atoms with Crippen molar-refractivity contribution in [3.63, 3.8) is 0 Å². The fourth-order valence-electron chi connectivity index (χ4n) is 2.27. The van der Waals surface area contributed by atoms with Crippen LogP contribution in [0.2, 0.25) is 0 Å². The van der Waals surface area contributed by atoms with Crippen molar-refractivity contribution in [2.75, 3.05) is 7.11 Å². The second kappa shape index (κ2) is 5.21. The van der Waals surface area contributed by atoms with Crippen molar-refractivity contribution in [2.24, 2.45) is 5.73 Å². The fraction of sp³-hybridized carbons (Fsp3) is 0.250. The van der Waals surface area contributed by atoms with Crippen molar-refractivity contribution in [3.05, 3.63) is 64.7 Å². The summed E-state index contributed by atoms with van der Waals surface area (Å²) in [7, 11) is 1.51. The Hall–Kier alpha value is -1.94. The highest BCUT2D eigenvalue weighted by Gasteiger charge is 2.31. The first-order chi connectivity index (χ1) is 9.39. The van der Waals surface area contributed by atoms with E-state index in [4.69, 9.17) is 10.5 Å². The van der Waals surface area contributed by atoms with Crippen molar-refractivity contribution < 1.29 is 13.5 Å². The monoisotopic (exact) mass is 277 g/mol. The summed E-state index contributed by atoms with van der Waals surface area (Å²) >= 11 is 0. The van der Waals surface area contributed by atoms with E-state index >= 15 is 0 Å². The number of nitrogens with two attached hydrogens (primary N) is 1. The normalized spacial score (nSPS) is 13.9. The minimum Gasteiger partial charge on any atom is -0.496 e. The lowest BCUT2D eigenvalue weighted by molar-refractivity contribution is 0.394. The van der Waals surface area contributed by atoms with Gasteiger partial charge in [0.1, 0.15) is 5.75 Å². The van der Waals surface area contributed by atoms with E-state index in [0.717, 1.165) is 0 Å². The van der Waals surface area contributed by atoms with Gasteiger partial charge in [0.05, 0.1) is 12.6 Å². The molecule has 2 nitrogen and oxygen atoms in total. The van der Waals surface area contributed by atoms with Crippen LogP contribution >= 0.6 is 0 Å². The second-order valence-corrected chi connectivity index (χ2v) is 4.96. The van der Waals surface area contributed by atoms with Gasteiger partial charge in [0, 0.05) is 11.1 Å². The fourth-order valence-corrected chi connectivity index (χ4v) is 2.27. The number of halogens is 2. The number of benzene rings is 2. The van der Waals surface area contributed by atoms with Gasteiger partial charge < -0.3 is 10.5 Å². The van der Waals surface area contributed by atoms with E-state index < -0.39 is 17.2 Å². The Labute approximate surface area is 117 Å². The first kappa shape index (κ1) is 14.5. The minimum atomic E-state index is -1.19. The topological polar surface area (TPSA) is 35.2 Å². The second-order valence-electron chi connectivity index (χ2n) is 4.96. The van der Waals surface area contributed by atoms with Crippen LogP contribution in [0.3, 0.4) is 0 Å². The Balaban J connectivity index is 2.64. The molecule has 2 aromatic rings. The van der Waals surface area contributed by atoms with E-state index in [1.165, 1.54) is 26.2 Å². The van der Waals surface area contributed by atoms with E-state index in [2.05, 4.69) is 0 Å². The molecule has 2 rings (SSSR count). The lowest BCUT2D eigenvalue weighted by atomic mass is 9.84. The zero-order valence-corrected chi connectivity index (χ0v) is 11.7. The molecule has 0 radical (unpaired) electrons. The molecule has 1 atom stereocenters. The zero-order valence-electron chi connectivity index (χ0n) is 11.7.